The van der Waals surface area contributed by atoms with E-state index in [1.807, 2.05) is 66.8 Å². The molecule has 45 heavy (non-hydrogen) atoms. The van der Waals surface area contributed by atoms with Gasteiger partial charge in [-0.3, -0.25) is 4.90 Å². The average molecular weight is 608 g/mol. The van der Waals surface area contributed by atoms with Gasteiger partial charge < -0.3 is 14.5 Å². The summed E-state index contributed by atoms with van der Waals surface area (Å²) in [5.41, 5.74) is 2.60. The zero-order valence-electron chi connectivity index (χ0n) is 26.8. The van der Waals surface area contributed by atoms with Crippen molar-refractivity contribution in [2.45, 2.75) is 100 Å². The molecule has 3 aromatic rings. The number of fused-ring (bicyclic) bond motifs is 2. The van der Waals surface area contributed by atoms with Crippen molar-refractivity contribution >= 4 is 12.0 Å². The van der Waals surface area contributed by atoms with E-state index < -0.39 is 0 Å². The Morgan fingerprint density at radius 2 is 1.58 bits per heavy atom. The number of hydrogen-bond donors (Lipinski definition) is 0. The highest BCUT2D eigenvalue weighted by Crippen LogP contribution is 2.45. The molecule has 7 heteroatoms. The second-order valence-electron chi connectivity index (χ2n) is 13.4. The van der Waals surface area contributed by atoms with Crippen molar-refractivity contribution in [1.29, 1.82) is 0 Å². The van der Waals surface area contributed by atoms with Crippen molar-refractivity contribution in [2.75, 3.05) is 25.0 Å². The summed E-state index contributed by atoms with van der Waals surface area (Å²) in [7, 11) is 1.91. The van der Waals surface area contributed by atoms with Crippen LogP contribution in [0.4, 0.5) is 10.7 Å². The predicted molar refractivity (Wildman–Crippen MR) is 180 cm³/mol. The molecule has 1 aromatic heterocycles. The maximum absolute atomic E-state index is 13.0. The molecule has 3 heterocycles. The molecule has 3 atom stereocenters. The lowest BCUT2D eigenvalue weighted by molar-refractivity contribution is 0.0723. The fraction of sp³-hybridized carbons (Fsp3) is 0.500. The number of hydrogen-bond acceptors (Lipinski definition) is 6. The van der Waals surface area contributed by atoms with Gasteiger partial charge in [-0.05, 0) is 93.4 Å². The van der Waals surface area contributed by atoms with E-state index in [9.17, 15) is 4.79 Å². The number of aromatic nitrogens is 2. The van der Waals surface area contributed by atoms with E-state index in [-0.39, 0.29) is 17.6 Å². The Labute approximate surface area is 269 Å². The summed E-state index contributed by atoms with van der Waals surface area (Å²) in [5.74, 6) is 0.820. The quantitative estimate of drug-likeness (QED) is 0.212. The van der Waals surface area contributed by atoms with E-state index in [0.29, 0.717) is 24.7 Å². The van der Waals surface area contributed by atoms with Crippen molar-refractivity contribution < 1.29 is 9.53 Å². The van der Waals surface area contributed by atoms with Gasteiger partial charge in [-0.15, -0.1) is 6.58 Å². The van der Waals surface area contributed by atoms with Crippen LogP contribution in [0.1, 0.15) is 75.3 Å². The molecule has 0 radical (unpaired) electrons. The van der Waals surface area contributed by atoms with Gasteiger partial charge in [0.25, 0.3) is 0 Å². The van der Waals surface area contributed by atoms with Crippen molar-refractivity contribution in [3.8, 4) is 0 Å². The molecule has 3 aliphatic rings. The van der Waals surface area contributed by atoms with Crippen LogP contribution in [0.5, 0.6) is 0 Å². The van der Waals surface area contributed by atoms with Gasteiger partial charge in [-0.2, -0.15) is 0 Å². The third-order valence-corrected chi connectivity index (χ3v) is 10.9. The summed E-state index contributed by atoms with van der Waals surface area (Å²) < 4.78 is 5.68. The van der Waals surface area contributed by atoms with E-state index in [0.717, 1.165) is 63.1 Å². The fourth-order valence-electron chi connectivity index (χ4n) is 8.35. The van der Waals surface area contributed by atoms with Crippen LogP contribution in [0.3, 0.4) is 0 Å². The predicted octanol–water partition coefficient (Wildman–Crippen LogP) is 7.39. The Morgan fingerprint density at radius 1 is 0.911 bits per heavy atom. The molecule has 1 aliphatic carbocycles. The van der Waals surface area contributed by atoms with Gasteiger partial charge in [-0.1, -0.05) is 66.7 Å². The van der Waals surface area contributed by atoms with E-state index >= 15 is 0 Å². The average Bonchev–Trinajstić information content (AvgIpc) is 3.39. The number of anilines is 1. The highest BCUT2D eigenvalue weighted by molar-refractivity contribution is 5.67. The molecule has 2 aliphatic heterocycles. The van der Waals surface area contributed by atoms with Crippen LogP contribution in [0.25, 0.3) is 0 Å². The maximum Gasteiger partial charge on any atom is 0.410 e. The van der Waals surface area contributed by atoms with E-state index in [2.05, 4.69) is 56.7 Å². The lowest BCUT2D eigenvalue weighted by atomic mass is 9.66. The van der Waals surface area contributed by atoms with Crippen LogP contribution in [-0.4, -0.2) is 70.2 Å². The molecule has 7 nitrogen and oxygen atoms in total. The molecule has 3 fully saturated rings. The molecule has 2 aromatic carbocycles. The minimum atomic E-state index is -0.224. The largest absolute Gasteiger partial charge is 0.445 e. The summed E-state index contributed by atoms with van der Waals surface area (Å²) in [6, 6.07) is 24.9. The second kappa shape index (κ2) is 14.6. The molecule has 2 saturated heterocycles. The zero-order chi connectivity index (χ0) is 31.1. The van der Waals surface area contributed by atoms with Crippen LogP contribution in [0.15, 0.2) is 91.8 Å². The van der Waals surface area contributed by atoms with Gasteiger partial charge in [0.2, 0.25) is 5.95 Å². The number of rotatable bonds is 11. The second-order valence-corrected chi connectivity index (χ2v) is 13.4. The summed E-state index contributed by atoms with van der Waals surface area (Å²) in [6.07, 6.45) is 16.9. The smallest absolute Gasteiger partial charge is 0.410 e. The third kappa shape index (κ3) is 7.25. The standard InChI is InChI=1S/C38H49N5O2/c1-3-26-43(36-39-24-10-25-40-36)35-18-16-33-15-17-34(28-35)42(33)27-23-38(31-13-8-5-9-14-31)21-19-32(20-22-38)41(2)37(44)45-29-30-11-6-4-7-12-30/h3-14,24-25,32-35H,1,15-23,26-29H2,2H3. The number of amides is 1. The summed E-state index contributed by atoms with van der Waals surface area (Å²) >= 11 is 0. The lowest BCUT2D eigenvalue weighted by Gasteiger charge is -2.44. The number of benzene rings is 2. The summed E-state index contributed by atoms with van der Waals surface area (Å²) in [5, 5.41) is 0. The van der Waals surface area contributed by atoms with E-state index in [4.69, 9.17) is 4.74 Å². The summed E-state index contributed by atoms with van der Waals surface area (Å²) in [4.78, 5) is 29.3. The first-order valence-corrected chi connectivity index (χ1v) is 17.0. The fourth-order valence-corrected chi connectivity index (χ4v) is 8.35. The SMILES string of the molecule is C=CCN(c1ncccn1)C1CCC2CCC(C1)N2CCC1(c2ccccc2)CCC(N(C)C(=O)OCc2ccccc2)CC1. The molecular formula is C38H49N5O2. The normalized spacial score (nSPS) is 26.5. The number of nitrogens with zero attached hydrogens (tertiary/aromatic N) is 5. The highest BCUT2D eigenvalue weighted by atomic mass is 16.6. The third-order valence-electron chi connectivity index (χ3n) is 10.9. The lowest BCUT2D eigenvalue weighted by Crippen LogP contribution is -2.45. The first-order chi connectivity index (χ1) is 22.1. The topological polar surface area (TPSA) is 61.8 Å². The molecule has 2 bridgehead atoms. The van der Waals surface area contributed by atoms with Crippen LogP contribution in [0.2, 0.25) is 0 Å². The van der Waals surface area contributed by atoms with Gasteiger partial charge in [0.15, 0.2) is 0 Å². The van der Waals surface area contributed by atoms with E-state index in [1.165, 1.54) is 31.2 Å². The molecule has 6 rings (SSSR count). The Balaban J connectivity index is 1.10. The molecular weight excluding hydrogens is 558 g/mol. The first kappa shape index (κ1) is 31.3. The van der Waals surface area contributed by atoms with Crippen LogP contribution >= 0.6 is 0 Å². The van der Waals surface area contributed by atoms with Gasteiger partial charge in [0.1, 0.15) is 6.61 Å². The molecule has 0 N–H and O–H groups in total. The van der Waals surface area contributed by atoms with Gasteiger partial charge in [0, 0.05) is 50.2 Å². The molecule has 0 spiro atoms. The van der Waals surface area contributed by atoms with Crippen LogP contribution in [0, 0.1) is 0 Å². The number of ether oxygens (including phenoxy) is 1. The zero-order valence-corrected chi connectivity index (χ0v) is 26.8. The minimum absolute atomic E-state index is 0.129. The molecule has 238 valence electrons. The van der Waals surface area contributed by atoms with Crippen molar-refractivity contribution in [3.05, 3.63) is 103 Å². The van der Waals surface area contributed by atoms with Crippen molar-refractivity contribution in [3.63, 3.8) is 0 Å². The number of carbonyl (C=O) groups excluding carboxylic acids is 1. The monoisotopic (exact) mass is 607 g/mol. The Morgan fingerprint density at radius 3 is 2.29 bits per heavy atom. The Bertz CT molecular complexity index is 1360. The molecule has 1 amide bonds. The first-order valence-electron chi connectivity index (χ1n) is 17.0. The Hall–Kier alpha value is -3.71. The van der Waals surface area contributed by atoms with Crippen molar-refractivity contribution in [1.82, 2.24) is 19.8 Å². The van der Waals surface area contributed by atoms with Gasteiger partial charge >= 0.3 is 6.09 Å². The van der Waals surface area contributed by atoms with E-state index in [1.54, 1.807) is 0 Å². The highest BCUT2D eigenvalue weighted by Gasteiger charge is 2.43. The summed E-state index contributed by atoms with van der Waals surface area (Å²) in [6.45, 7) is 6.25. The van der Waals surface area contributed by atoms with Gasteiger partial charge in [-0.25, -0.2) is 14.8 Å². The Kier molecular flexibility index (Phi) is 10.1. The molecule has 3 unspecified atom stereocenters. The van der Waals surface area contributed by atoms with Gasteiger partial charge in [0.05, 0.1) is 0 Å². The van der Waals surface area contributed by atoms with Crippen LogP contribution in [-0.2, 0) is 16.8 Å². The number of carbonyl (C=O) groups is 1. The molecule has 1 saturated carbocycles. The minimum Gasteiger partial charge on any atom is -0.445 e. The maximum atomic E-state index is 13.0. The van der Waals surface area contributed by atoms with Crippen molar-refractivity contribution in [2.24, 2.45) is 0 Å². The van der Waals surface area contributed by atoms with Crippen LogP contribution < -0.4 is 4.90 Å².